The van der Waals surface area contributed by atoms with Gasteiger partial charge in [0.2, 0.25) is 0 Å². The average molecular weight is 190 g/mol. The maximum absolute atomic E-state index is 9.50. The first kappa shape index (κ1) is 8.74. The van der Waals surface area contributed by atoms with Crippen molar-refractivity contribution in [3.63, 3.8) is 0 Å². The van der Waals surface area contributed by atoms with Gasteiger partial charge in [-0.25, -0.2) is 9.97 Å². The van der Waals surface area contributed by atoms with Gasteiger partial charge in [0.05, 0.1) is 12.6 Å². The molecule has 0 aliphatic heterocycles. The third-order valence-electron chi connectivity index (χ3n) is 2.00. The van der Waals surface area contributed by atoms with Crippen LogP contribution in [-0.2, 0) is 0 Å². The monoisotopic (exact) mass is 190 g/mol. The molecular formula is C10H10N2O2. The second-order valence-electron chi connectivity index (χ2n) is 3.00. The number of rotatable bonds is 1. The van der Waals surface area contributed by atoms with Gasteiger partial charge in [0.15, 0.2) is 11.5 Å². The number of aromatic hydroxyl groups is 1. The smallest absolute Gasteiger partial charge is 0.162 e. The zero-order chi connectivity index (χ0) is 10.1. The van der Waals surface area contributed by atoms with Gasteiger partial charge in [0.1, 0.15) is 5.82 Å². The number of hydrogen-bond acceptors (Lipinski definition) is 4. The number of hydrogen-bond donors (Lipinski definition) is 1. The lowest BCUT2D eigenvalue weighted by molar-refractivity contribution is 0.374. The lowest BCUT2D eigenvalue weighted by Crippen LogP contribution is -1.90. The van der Waals surface area contributed by atoms with Gasteiger partial charge in [-0.3, -0.25) is 0 Å². The molecule has 2 aromatic rings. The largest absolute Gasteiger partial charge is 0.504 e. The highest BCUT2D eigenvalue weighted by atomic mass is 16.5. The fraction of sp³-hybridized carbons (Fsp3) is 0.200. The normalized spacial score (nSPS) is 10.4. The van der Waals surface area contributed by atoms with E-state index >= 15 is 0 Å². The molecule has 2 rings (SSSR count). The van der Waals surface area contributed by atoms with Gasteiger partial charge in [-0.15, -0.1) is 0 Å². The molecule has 72 valence electrons. The molecule has 0 spiro atoms. The summed E-state index contributed by atoms with van der Waals surface area (Å²) in [7, 11) is 1.51. The highest BCUT2D eigenvalue weighted by Crippen LogP contribution is 2.29. The minimum absolute atomic E-state index is 0.104. The molecule has 1 aromatic heterocycles. The molecule has 0 bridgehead atoms. The Bertz CT molecular complexity index is 483. The fourth-order valence-corrected chi connectivity index (χ4v) is 1.30. The third kappa shape index (κ3) is 1.35. The van der Waals surface area contributed by atoms with Crippen LogP contribution in [0.1, 0.15) is 5.82 Å². The van der Waals surface area contributed by atoms with Crippen LogP contribution in [0, 0.1) is 6.92 Å². The van der Waals surface area contributed by atoms with Gasteiger partial charge in [-0.05, 0) is 13.0 Å². The summed E-state index contributed by atoms with van der Waals surface area (Å²) in [5, 5.41) is 10.3. The first-order valence-corrected chi connectivity index (χ1v) is 4.21. The van der Waals surface area contributed by atoms with E-state index in [1.54, 1.807) is 18.3 Å². The molecule has 4 heteroatoms. The minimum Gasteiger partial charge on any atom is -0.504 e. The van der Waals surface area contributed by atoms with E-state index in [0.29, 0.717) is 11.6 Å². The van der Waals surface area contributed by atoms with E-state index in [2.05, 4.69) is 9.97 Å². The lowest BCUT2D eigenvalue weighted by Gasteiger charge is -2.04. The molecule has 0 aliphatic carbocycles. The molecule has 0 fully saturated rings. The van der Waals surface area contributed by atoms with Crippen LogP contribution >= 0.6 is 0 Å². The van der Waals surface area contributed by atoms with Crippen LogP contribution in [-0.4, -0.2) is 22.2 Å². The number of phenols is 1. The maximum atomic E-state index is 9.50. The number of fused-ring (bicyclic) bond motifs is 1. The van der Waals surface area contributed by atoms with Gasteiger partial charge in [-0.2, -0.15) is 0 Å². The van der Waals surface area contributed by atoms with Crippen molar-refractivity contribution in [3.8, 4) is 11.5 Å². The maximum Gasteiger partial charge on any atom is 0.162 e. The Hall–Kier alpha value is -1.84. The van der Waals surface area contributed by atoms with Crippen molar-refractivity contribution in [3.05, 3.63) is 24.2 Å². The Balaban J connectivity index is 2.73. The zero-order valence-electron chi connectivity index (χ0n) is 7.98. The van der Waals surface area contributed by atoms with Crippen LogP contribution in [0.3, 0.4) is 0 Å². The quantitative estimate of drug-likeness (QED) is 0.742. The number of aryl methyl sites for hydroxylation is 1. The van der Waals surface area contributed by atoms with Crippen LogP contribution in [0.25, 0.3) is 10.9 Å². The van der Waals surface area contributed by atoms with Gasteiger partial charge >= 0.3 is 0 Å². The third-order valence-corrected chi connectivity index (χ3v) is 2.00. The minimum atomic E-state index is 0.104. The number of ether oxygens (including phenoxy) is 1. The van der Waals surface area contributed by atoms with Crippen LogP contribution in [0.15, 0.2) is 18.3 Å². The molecule has 1 N–H and O–H groups in total. The van der Waals surface area contributed by atoms with Crippen molar-refractivity contribution in [1.29, 1.82) is 0 Å². The Labute approximate surface area is 81.2 Å². The Morgan fingerprint density at radius 1 is 1.36 bits per heavy atom. The number of phenolic OH excluding ortho intramolecular Hbond substituents is 1. The van der Waals surface area contributed by atoms with E-state index in [-0.39, 0.29) is 5.75 Å². The average Bonchev–Trinajstić information content (AvgIpc) is 2.17. The molecular weight excluding hydrogens is 180 g/mol. The van der Waals surface area contributed by atoms with Gasteiger partial charge in [0, 0.05) is 17.6 Å². The second kappa shape index (κ2) is 3.14. The van der Waals surface area contributed by atoms with Crippen LogP contribution in [0.4, 0.5) is 0 Å². The zero-order valence-corrected chi connectivity index (χ0v) is 7.98. The number of nitrogens with zero attached hydrogens (tertiary/aromatic N) is 2. The van der Waals surface area contributed by atoms with Crippen LogP contribution < -0.4 is 4.74 Å². The predicted octanol–water partition coefficient (Wildman–Crippen LogP) is 1.65. The van der Waals surface area contributed by atoms with E-state index in [0.717, 1.165) is 10.9 Å². The van der Waals surface area contributed by atoms with Crippen molar-refractivity contribution < 1.29 is 9.84 Å². The van der Waals surface area contributed by atoms with E-state index < -0.39 is 0 Å². The summed E-state index contributed by atoms with van der Waals surface area (Å²) in [6.07, 6.45) is 1.68. The van der Waals surface area contributed by atoms with E-state index in [1.165, 1.54) is 7.11 Å². The molecule has 0 radical (unpaired) electrons. The summed E-state index contributed by atoms with van der Waals surface area (Å²) in [6.45, 7) is 1.82. The molecule has 0 saturated heterocycles. The molecule has 0 saturated carbocycles. The molecule has 0 amide bonds. The van der Waals surface area contributed by atoms with Crippen LogP contribution in [0.2, 0.25) is 0 Å². The van der Waals surface area contributed by atoms with Crippen molar-refractivity contribution in [2.45, 2.75) is 6.92 Å². The molecule has 14 heavy (non-hydrogen) atoms. The number of aromatic nitrogens is 2. The fourth-order valence-electron chi connectivity index (χ4n) is 1.30. The summed E-state index contributed by atoms with van der Waals surface area (Å²) in [6, 6.07) is 3.28. The SMILES string of the molecule is COc1cc2nc(C)ncc2cc1O. The Kier molecular flexibility index (Phi) is 1.96. The van der Waals surface area contributed by atoms with Gasteiger partial charge in [0.25, 0.3) is 0 Å². The standard InChI is InChI=1S/C10H10N2O2/c1-6-11-5-7-3-9(13)10(14-2)4-8(7)12-6/h3-5,13H,1-2H3. The number of methoxy groups -OCH3 is 1. The van der Waals surface area contributed by atoms with E-state index in [1.807, 2.05) is 6.92 Å². The summed E-state index contributed by atoms with van der Waals surface area (Å²) >= 11 is 0. The summed E-state index contributed by atoms with van der Waals surface area (Å²) in [4.78, 5) is 8.26. The first-order chi connectivity index (χ1) is 6.70. The van der Waals surface area contributed by atoms with E-state index in [9.17, 15) is 5.11 Å². The molecule has 0 aliphatic rings. The Morgan fingerprint density at radius 2 is 2.14 bits per heavy atom. The summed E-state index contributed by atoms with van der Waals surface area (Å²) < 4.78 is 4.98. The lowest BCUT2D eigenvalue weighted by atomic mass is 10.2. The highest BCUT2D eigenvalue weighted by molar-refractivity contribution is 5.81. The molecule has 0 unspecified atom stereocenters. The van der Waals surface area contributed by atoms with E-state index in [4.69, 9.17) is 4.74 Å². The molecule has 4 nitrogen and oxygen atoms in total. The molecule has 1 heterocycles. The summed E-state index contributed by atoms with van der Waals surface area (Å²) in [5.74, 6) is 1.23. The highest BCUT2D eigenvalue weighted by Gasteiger charge is 2.04. The van der Waals surface area contributed by atoms with Gasteiger partial charge in [-0.1, -0.05) is 0 Å². The molecule has 1 aromatic carbocycles. The summed E-state index contributed by atoms with van der Waals surface area (Å²) in [5.41, 5.74) is 0.771. The predicted molar refractivity (Wildman–Crippen MR) is 52.5 cm³/mol. The number of benzene rings is 1. The topological polar surface area (TPSA) is 55.2 Å². The first-order valence-electron chi connectivity index (χ1n) is 4.21. The van der Waals surface area contributed by atoms with Crippen molar-refractivity contribution in [2.75, 3.05) is 7.11 Å². The van der Waals surface area contributed by atoms with Crippen molar-refractivity contribution in [2.24, 2.45) is 0 Å². The molecule has 0 atom stereocenters. The van der Waals surface area contributed by atoms with Crippen molar-refractivity contribution >= 4 is 10.9 Å². The second-order valence-corrected chi connectivity index (χ2v) is 3.00. The van der Waals surface area contributed by atoms with Crippen LogP contribution in [0.5, 0.6) is 11.5 Å². The van der Waals surface area contributed by atoms with Gasteiger partial charge < -0.3 is 9.84 Å². The Morgan fingerprint density at radius 3 is 2.86 bits per heavy atom. The van der Waals surface area contributed by atoms with Crippen molar-refractivity contribution in [1.82, 2.24) is 9.97 Å².